The lowest BCUT2D eigenvalue weighted by Crippen LogP contribution is -2.35. The van der Waals surface area contributed by atoms with Gasteiger partial charge in [0.25, 0.3) is 5.91 Å². The molecule has 1 heterocycles. The Morgan fingerprint density at radius 2 is 1.96 bits per heavy atom. The van der Waals surface area contributed by atoms with Gasteiger partial charge in [0.05, 0.1) is 11.5 Å². The fourth-order valence-electron chi connectivity index (χ4n) is 2.62. The van der Waals surface area contributed by atoms with Crippen LogP contribution >= 0.6 is 0 Å². The second-order valence-corrected chi connectivity index (χ2v) is 8.58. The second kappa shape index (κ2) is 6.59. The lowest BCUT2D eigenvalue weighted by Gasteiger charge is -2.20. The Balaban J connectivity index is 2.12. The van der Waals surface area contributed by atoms with Crippen LogP contribution in [0.3, 0.4) is 0 Å². The van der Waals surface area contributed by atoms with Crippen molar-refractivity contribution in [3.63, 3.8) is 0 Å². The molecule has 128 valence electrons. The third-order valence-corrected chi connectivity index (χ3v) is 5.61. The number of carbonyl (C=O) groups is 1. The third-order valence-electron chi connectivity index (χ3n) is 4.01. The second-order valence-electron chi connectivity index (χ2n) is 6.87. The molecule has 0 bridgehead atoms. The molecule has 23 heavy (non-hydrogen) atoms. The molecule has 1 fully saturated rings. The Bertz CT molecular complexity index is 668. The van der Waals surface area contributed by atoms with E-state index < -0.39 is 16.1 Å². The summed E-state index contributed by atoms with van der Waals surface area (Å²) >= 11 is 0. The molecule has 6 nitrogen and oxygen atoms in total. The molecule has 1 aliphatic rings. The number of nitrogens with one attached hydrogen (secondary N) is 1. The van der Waals surface area contributed by atoms with Crippen LogP contribution in [0.4, 0.5) is 0 Å². The van der Waals surface area contributed by atoms with E-state index in [2.05, 4.69) is 18.6 Å². The fourth-order valence-corrected chi connectivity index (χ4v) is 3.85. The molecule has 7 heteroatoms. The summed E-state index contributed by atoms with van der Waals surface area (Å²) in [6.07, 6.45) is 0.966. The van der Waals surface area contributed by atoms with Gasteiger partial charge in [0.1, 0.15) is 0 Å². The van der Waals surface area contributed by atoms with Crippen molar-refractivity contribution in [2.75, 3.05) is 19.7 Å². The van der Waals surface area contributed by atoms with Crippen LogP contribution in [0.15, 0.2) is 29.2 Å². The number of nitrogens with zero attached hydrogens (tertiary/aromatic N) is 1. The van der Waals surface area contributed by atoms with Crippen molar-refractivity contribution in [1.29, 1.82) is 0 Å². The molecular weight excluding hydrogens is 316 g/mol. The summed E-state index contributed by atoms with van der Waals surface area (Å²) < 4.78 is 26.6. The van der Waals surface area contributed by atoms with Crippen LogP contribution in [-0.4, -0.2) is 50.1 Å². The molecule has 0 spiro atoms. The molecule has 0 aromatic heterocycles. The minimum Gasteiger partial charge on any atom is -0.395 e. The number of hydrogen-bond acceptors (Lipinski definition) is 4. The van der Waals surface area contributed by atoms with Gasteiger partial charge in [-0.25, -0.2) is 13.1 Å². The Kier molecular flexibility index (Phi) is 5.13. The number of amides is 1. The smallest absolute Gasteiger partial charge is 0.253 e. The highest BCUT2D eigenvalue weighted by Gasteiger charge is 2.32. The van der Waals surface area contributed by atoms with Crippen LogP contribution < -0.4 is 4.72 Å². The summed E-state index contributed by atoms with van der Waals surface area (Å²) in [5.74, 6) is -0.0730. The first kappa shape index (κ1) is 17.9. The van der Waals surface area contributed by atoms with Crippen LogP contribution in [0.2, 0.25) is 0 Å². The minimum absolute atomic E-state index is 0.0730. The predicted octanol–water partition coefficient (Wildman–Crippen LogP) is 1.22. The van der Waals surface area contributed by atoms with E-state index in [1.54, 1.807) is 11.8 Å². The maximum Gasteiger partial charge on any atom is 0.253 e. The highest BCUT2D eigenvalue weighted by molar-refractivity contribution is 7.89. The molecule has 2 rings (SSSR count). The van der Waals surface area contributed by atoms with Crippen molar-refractivity contribution in [1.82, 2.24) is 9.62 Å². The van der Waals surface area contributed by atoms with Gasteiger partial charge in [0, 0.05) is 24.7 Å². The Labute approximate surface area is 137 Å². The molecule has 1 aliphatic heterocycles. The van der Waals surface area contributed by atoms with Crippen molar-refractivity contribution in [3.05, 3.63) is 29.8 Å². The Morgan fingerprint density at radius 1 is 1.35 bits per heavy atom. The van der Waals surface area contributed by atoms with Crippen molar-refractivity contribution in [2.45, 2.75) is 38.1 Å². The molecule has 0 saturated carbocycles. The predicted molar refractivity (Wildman–Crippen MR) is 87.6 cm³/mol. The van der Waals surface area contributed by atoms with Gasteiger partial charge in [-0.2, -0.15) is 0 Å². The third kappa shape index (κ3) is 4.31. The molecule has 0 aliphatic carbocycles. The number of sulfonamides is 1. The zero-order chi connectivity index (χ0) is 17.3. The number of hydrogen-bond donors (Lipinski definition) is 2. The summed E-state index contributed by atoms with van der Waals surface area (Å²) in [6.45, 7) is 6.99. The first-order valence-corrected chi connectivity index (χ1v) is 9.15. The van der Waals surface area contributed by atoms with Crippen LogP contribution in [0.1, 0.15) is 37.6 Å². The van der Waals surface area contributed by atoms with Gasteiger partial charge in [-0.3, -0.25) is 4.79 Å². The van der Waals surface area contributed by atoms with Crippen molar-refractivity contribution in [2.24, 2.45) is 5.41 Å². The van der Waals surface area contributed by atoms with Gasteiger partial charge in [-0.05, 0) is 43.0 Å². The number of rotatable bonds is 5. The summed E-state index contributed by atoms with van der Waals surface area (Å²) in [5.41, 5.74) is 0.611. The number of aliphatic hydroxyl groups is 1. The van der Waals surface area contributed by atoms with E-state index in [0.717, 1.165) is 13.0 Å². The first-order valence-electron chi connectivity index (χ1n) is 7.67. The van der Waals surface area contributed by atoms with E-state index in [0.29, 0.717) is 12.1 Å². The van der Waals surface area contributed by atoms with E-state index >= 15 is 0 Å². The van der Waals surface area contributed by atoms with Crippen LogP contribution in [0.5, 0.6) is 0 Å². The monoisotopic (exact) mass is 340 g/mol. The molecule has 1 aromatic rings. The van der Waals surface area contributed by atoms with Gasteiger partial charge < -0.3 is 10.0 Å². The average Bonchev–Trinajstić information content (AvgIpc) is 2.86. The summed E-state index contributed by atoms with van der Waals surface area (Å²) in [6, 6.07) is 5.34. The minimum atomic E-state index is -3.69. The number of benzene rings is 1. The zero-order valence-corrected chi connectivity index (χ0v) is 14.6. The Hall–Kier alpha value is -1.44. The molecule has 1 amide bonds. The Morgan fingerprint density at radius 3 is 2.43 bits per heavy atom. The van der Waals surface area contributed by atoms with Gasteiger partial charge in [0.2, 0.25) is 10.0 Å². The number of aliphatic hydroxyl groups excluding tert-OH is 1. The van der Waals surface area contributed by atoms with Gasteiger partial charge >= 0.3 is 0 Å². The molecule has 2 N–H and O–H groups in total. The van der Waals surface area contributed by atoms with E-state index in [1.165, 1.54) is 24.3 Å². The number of likely N-dealkylation sites (tertiary alicyclic amines) is 1. The van der Waals surface area contributed by atoms with Gasteiger partial charge in [-0.1, -0.05) is 13.8 Å². The summed E-state index contributed by atoms with van der Waals surface area (Å²) in [7, 11) is -3.69. The molecule has 1 unspecified atom stereocenters. The highest BCUT2D eigenvalue weighted by Crippen LogP contribution is 2.29. The maximum absolute atomic E-state index is 12.4. The van der Waals surface area contributed by atoms with Crippen LogP contribution in [0, 0.1) is 5.41 Å². The fraction of sp³-hybridized carbons (Fsp3) is 0.562. The maximum atomic E-state index is 12.4. The SMILES string of the molecule is CC(CO)NS(=O)(=O)c1ccc(C(=O)N2CCC(C)(C)C2)cc1. The van der Waals surface area contributed by atoms with E-state index in [-0.39, 0.29) is 22.8 Å². The topological polar surface area (TPSA) is 86.7 Å². The van der Waals surface area contributed by atoms with Crippen LogP contribution in [-0.2, 0) is 10.0 Å². The summed E-state index contributed by atoms with van der Waals surface area (Å²) in [5, 5.41) is 8.95. The molecule has 1 atom stereocenters. The summed E-state index contributed by atoms with van der Waals surface area (Å²) in [4.78, 5) is 14.3. The van der Waals surface area contributed by atoms with E-state index in [1.807, 2.05) is 0 Å². The van der Waals surface area contributed by atoms with Crippen molar-refractivity contribution < 1.29 is 18.3 Å². The van der Waals surface area contributed by atoms with Gasteiger partial charge in [-0.15, -0.1) is 0 Å². The normalized spacial score (nSPS) is 18.9. The van der Waals surface area contributed by atoms with Crippen molar-refractivity contribution >= 4 is 15.9 Å². The standard InChI is InChI=1S/C16H24N2O4S/c1-12(10-19)17-23(21,22)14-6-4-13(5-7-14)15(20)18-9-8-16(2,3)11-18/h4-7,12,17,19H,8-11H2,1-3H3. The van der Waals surface area contributed by atoms with E-state index in [9.17, 15) is 13.2 Å². The molecular formula is C16H24N2O4S. The highest BCUT2D eigenvalue weighted by atomic mass is 32.2. The number of carbonyl (C=O) groups excluding carboxylic acids is 1. The van der Waals surface area contributed by atoms with Gasteiger partial charge in [0.15, 0.2) is 0 Å². The molecule has 1 saturated heterocycles. The largest absolute Gasteiger partial charge is 0.395 e. The average molecular weight is 340 g/mol. The van der Waals surface area contributed by atoms with Crippen LogP contribution in [0.25, 0.3) is 0 Å². The molecule has 0 radical (unpaired) electrons. The quantitative estimate of drug-likeness (QED) is 0.844. The lowest BCUT2D eigenvalue weighted by molar-refractivity contribution is 0.0778. The van der Waals surface area contributed by atoms with E-state index in [4.69, 9.17) is 5.11 Å². The first-order chi connectivity index (χ1) is 10.6. The zero-order valence-electron chi connectivity index (χ0n) is 13.7. The lowest BCUT2D eigenvalue weighted by atomic mass is 9.93. The molecule has 1 aromatic carbocycles. The van der Waals surface area contributed by atoms with Crippen molar-refractivity contribution in [3.8, 4) is 0 Å².